The number of hydrogen-bond donors (Lipinski definition) is 1. The van der Waals surface area contributed by atoms with Crippen molar-refractivity contribution in [2.45, 2.75) is 72.1 Å². The van der Waals surface area contributed by atoms with Crippen LogP contribution in [0.3, 0.4) is 0 Å². The Morgan fingerprint density at radius 2 is 1.95 bits per heavy atom. The Morgan fingerprint density at radius 1 is 1.24 bits per heavy atom. The van der Waals surface area contributed by atoms with E-state index in [0.717, 1.165) is 25.0 Å². The van der Waals surface area contributed by atoms with Gasteiger partial charge in [0.2, 0.25) is 0 Å². The lowest BCUT2D eigenvalue weighted by Gasteiger charge is -2.27. The van der Waals surface area contributed by atoms with Crippen molar-refractivity contribution in [3.05, 3.63) is 35.4 Å². The smallest absolute Gasteiger partial charge is 0.0236 e. The highest BCUT2D eigenvalue weighted by Crippen LogP contribution is 2.25. The lowest BCUT2D eigenvalue weighted by atomic mass is 10.0. The Hall–Kier alpha value is -0.860. The summed E-state index contributed by atoms with van der Waals surface area (Å²) in [5, 5.41) is 3.57. The molecule has 1 saturated heterocycles. The van der Waals surface area contributed by atoms with Crippen molar-refractivity contribution in [2.24, 2.45) is 5.92 Å². The van der Waals surface area contributed by atoms with E-state index < -0.39 is 0 Å². The van der Waals surface area contributed by atoms with Gasteiger partial charge in [0.1, 0.15) is 0 Å². The minimum Gasteiger partial charge on any atom is -0.308 e. The first kappa shape index (κ1) is 16.5. The summed E-state index contributed by atoms with van der Waals surface area (Å²) in [6.07, 6.45) is 2.72. The highest BCUT2D eigenvalue weighted by atomic mass is 15.2. The Balaban J connectivity index is 1.97. The number of nitrogens with zero attached hydrogens (tertiary/aromatic N) is 1. The second-order valence-electron chi connectivity index (χ2n) is 7.85. The van der Waals surface area contributed by atoms with Crippen molar-refractivity contribution in [1.82, 2.24) is 10.2 Å². The van der Waals surface area contributed by atoms with E-state index in [1.54, 1.807) is 0 Å². The van der Waals surface area contributed by atoms with Crippen LogP contribution in [0, 0.1) is 5.92 Å². The number of benzene rings is 1. The van der Waals surface area contributed by atoms with Crippen molar-refractivity contribution in [1.29, 1.82) is 0 Å². The van der Waals surface area contributed by atoms with E-state index in [1.165, 1.54) is 30.5 Å². The molecule has 2 rings (SSSR count). The standard InChI is InChI=1S/C19H32N2/c1-15(2)18-10-7-11-21(18)14-17-9-6-8-16(12-17)13-20-19(3,4)5/h6,8-9,12,15,18,20H,7,10-11,13-14H2,1-5H3. The van der Waals surface area contributed by atoms with Crippen molar-refractivity contribution in [2.75, 3.05) is 6.54 Å². The molecule has 1 aromatic rings. The van der Waals surface area contributed by atoms with E-state index in [2.05, 4.69) is 69.1 Å². The van der Waals surface area contributed by atoms with Crippen LogP contribution < -0.4 is 5.32 Å². The van der Waals surface area contributed by atoms with Crippen LogP contribution in [0.4, 0.5) is 0 Å². The maximum atomic E-state index is 3.57. The maximum absolute atomic E-state index is 3.57. The van der Waals surface area contributed by atoms with Gasteiger partial charge in [-0.1, -0.05) is 38.1 Å². The summed E-state index contributed by atoms with van der Waals surface area (Å²) in [5.74, 6) is 0.762. The Morgan fingerprint density at radius 3 is 2.62 bits per heavy atom. The maximum Gasteiger partial charge on any atom is 0.0236 e. The molecule has 118 valence electrons. The normalized spacial score (nSPS) is 20.4. The molecule has 0 radical (unpaired) electrons. The van der Waals surface area contributed by atoms with Crippen molar-refractivity contribution in [3.63, 3.8) is 0 Å². The van der Waals surface area contributed by atoms with Gasteiger partial charge in [-0.3, -0.25) is 4.90 Å². The lowest BCUT2D eigenvalue weighted by molar-refractivity contribution is 0.199. The van der Waals surface area contributed by atoms with Gasteiger partial charge in [-0.2, -0.15) is 0 Å². The Labute approximate surface area is 130 Å². The van der Waals surface area contributed by atoms with E-state index in [1.807, 2.05) is 0 Å². The Kier molecular flexibility index (Phi) is 5.45. The Bertz CT molecular complexity index is 445. The summed E-state index contributed by atoms with van der Waals surface area (Å²) in [6, 6.07) is 9.84. The summed E-state index contributed by atoms with van der Waals surface area (Å²) >= 11 is 0. The number of likely N-dealkylation sites (tertiary alicyclic amines) is 1. The second kappa shape index (κ2) is 6.93. The van der Waals surface area contributed by atoms with Crippen LogP contribution in [-0.4, -0.2) is 23.0 Å². The summed E-state index contributed by atoms with van der Waals surface area (Å²) in [7, 11) is 0. The van der Waals surface area contributed by atoms with Gasteiger partial charge >= 0.3 is 0 Å². The number of hydrogen-bond acceptors (Lipinski definition) is 2. The molecule has 1 aromatic carbocycles. The molecule has 1 unspecified atom stereocenters. The van der Waals surface area contributed by atoms with Crippen LogP contribution in [-0.2, 0) is 13.1 Å². The summed E-state index contributed by atoms with van der Waals surface area (Å²) in [4.78, 5) is 2.67. The van der Waals surface area contributed by atoms with Crippen LogP contribution in [0.5, 0.6) is 0 Å². The van der Waals surface area contributed by atoms with Gasteiger partial charge in [-0.15, -0.1) is 0 Å². The van der Waals surface area contributed by atoms with Crippen LogP contribution in [0.1, 0.15) is 58.6 Å². The third kappa shape index (κ3) is 5.12. The van der Waals surface area contributed by atoms with Gasteiger partial charge in [0.25, 0.3) is 0 Å². The fraction of sp³-hybridized carbons (Fsp3) is 0.684. The highest BCUT2D eigenvalue weighted by Gasteiger charge is 2.26. The second-order valence-corrected chi connectivity index (χ2v) is 7.85. The molecule has 0 aromatic heterocycles. The molecule has 0 aliphatic carbocycles. The first-order valence-corrected chi connectivity index (χ1v) is 8.42. The van der Waals surface area contributed by atoms with E-state index in [-0.39, 0.29) is 5.54 Å². The SMILES string of the molecule is CC(C)C1CCCN1Cc1cccc(CNC(C)(C)C)c1. The van der Waals surface area contributed by atoms with Crippen molar-refractivity contribution in [3.8, 4) is 0 Å². The molecule has 2 heteroatoms. The zero-order valence-corrected chi connectivity index (χ0v) is 14.4. The minimum absolute atomic E-state index is 0.174. The summed E-state index contributed by atoms with van der Waals surface area (Å²) in [6.45, 7) is 14.7. The highest BCUT2D eigenvalue weighted by molar-refractivity contribution is 5.23. The van der Waals surface area contributed by atoms with Crippen LogP contribution in [0.25, 0.3) is 0 Å². The molecule has 1 aliphatic heterocycles. The van der Waals surface area contributed by atoms with E-state index in [4.69, 9.17) is 0 Å². The van der Waals surface area contributed by atoms with Crippen LogP contribution in [0.2, 0.25) is 0 Å². The van der Waals surface area contributed by atoms with Gasteiger partial charge < -0.3 is 5.32 Å². The summed E-state index contributed by atoms with van der Waals surface area (Å²) in [5.41, 5.74) is 3.02. The molecule has 0 amide bonds. The zero-order valence-electron chi connectivity index (χ0n) is 14.4. The fourth-order valence-electron chi connectivity index (χ4n) is 3.24. The topological polar surface area (TPSA) is 15.3 Å². The van der Waals surface area contributed by atoms with Gasteiger partial charge in [0.05, 0.1) is 0 Å². The van der Waals surface area contributed by atoms with E-state index in [9.17, 15) is 0 Å². The molecule has 1 N–H and O–H groups in total. The third-order valence-corrected chi connectivity index (χ3v) is 4.38. The molecule has 0 bridgehead atoms. The van der Waals surface area contributed by atoms with Gasteiger partial charge in [0.15, 0.2) is 0 Å². The van der Waals surface area contributed by atoms with Crippen LogP contribution >= 0.6 is 0 Å². The molecular weight excluding hydrogens is 256 g/mol. The van der Waals surface area contributed by atoms with E-state index in [0.29, 0.717) is 0 Å². The molecule has 0 saturated carbocycles. The van der Waals surface area contributed by atoms with Crippen LogP contribution in [0.15, 0.2) is 24.3 Å². The monoisotopic (exact) mass is 288 g/mol. The lowest BCUT2D eigenvalue weighted by Crippen LogP contribution is -2.35. The predicted molar refractivity (Wildman–Crippen MR) is 91.3 cm³/mol. The first-order valence-electron chi connectivity index (χ1n) is 8.42. The number of rotatable bonds is 5. The van der Waals surface area contributed by atoms with Gasteiger partial charge in [-0.05, 0) is 57.2 Å². The average molecular weight is 288 g/mol. The minimum atomic E-state index is 0.174. The number of nitrogens with one attached hydrogen (secondary N) is 1. The van der Waals surface area contributed by atoms with Crippen molar-refractivity contribution >= 4 is 0 Å². The van der Waals surface area contributed by atoms with Crippen molar-refractivity contribution < 1.29 is 0 Å². The predicted octanol–water partition coefficient (Wildman–Crippen LogP) is 4.20. The summed E-state index contributed by atoms with van der Waals surface area (Å²) < 4.78 is 0. The molecule has 1 atom stereocenters. The molecule has 1 heterocycles. The molecule has 0 spiro atoms. The first-order chi connectivity index (χ1) is 9.85. The van der Waals surface area contributed by atoms with Gasteiger partial charge in [-0.25, -0.2) is 0 Å². The average Bonchev–Trinajstić information content (AvgIpc) is 2.84. The largest absolute Gasteiger partial charge is 0.308 e. The zero-order chi connectivity index (χ0) is 15.5. The molecule has 1 aliphatic rings. The molecule has 2 nitrogen and oxygen atoms in total. The molecule has 1 fully saturated rings. The quantitative estimate of drug-likeness (QED) is 0.873. The fourth-order valence-corrected chi connectivity index (χ4v) is 3.24. The van der Waals surface area contributed by atoms with E-state index >= 15 is 0 Å². The molecular formula is C19H32N2. The third-order valence-electron chi connectivity index (χ3n) is 4.38. The van der Waals surface area contributed by atoms with Gasteiger partial charge in [0, 0.05) is 24.7 Å². The molecule has 21 heavy (non-hydrogen) atoms.